The fourth-order valence-corrected chi connectivity index (χ4v) is 4.54. The summed E-state index contributed by atoms with van der Waals surface area (Å²) < 4.78 is 40.6. The molecule has 0 saturated carbocycles. The Hall–Kier alpha value is -1.73. The van der Waals surface area contributed by atoms with Crippen molar-refractivity contribution >= 4 is 10.0 Å². The Morgan fingerprint density at radius 1 is 1.00 bits per heavy atom. The first-order valence-electron chi connectivity index (χ1n) is 8.59. The SMILES string of the molecule is Cc1ccc(S(=O)(=O)N[C@H](c2ccccc2)[C@]2(C)COC(C)(C)O2)cc1. The topological polar surface area (TPSA) is 64.6 Å². The van der Waals surface area contributed by atoms with E-state index in [1.54, 1.807) is 24.3 Å². The highest BCUT2D eigenvalue weighted by Gasteiger charge is 2.49. The molecule has 0 unspecified atom stereocenters. The third-order valence-corrected chi connectivity index (χ3v) is 5.97. The van der Waals surface area contributed by atoms with E-state index < -0.39 is 27.5 Å². The van der Waals surface area contributed by atoms with Gasteiger partial charge in [0, 0.05) is 0 Å². The van der Waals surface area contributed by atoms with Crippen LogP contribution >= 0.6 is 0 Å². The summed E-state index contributed by atoms with van der Waals surface area (Å²) in [6.07, 6.45) is 0. The predicted molar refractivity (Wildman–Crippen MR) is 100 cm³/mol. The second-order valence-electron chi connectivity index (χ2n) is 7.38. The van der Waals surface area contributed by atoms with E-state index >= 15 is 0 Å². The van der Waals surface area contributed by atoms with Crippen LogP contribution in [0.25, 0.3) is 0 Å². The minimum absolute atomic E-state index is 0.228. The van der Waals surface area contributed by atoms with Gasteiger partial charge in [0.2, 0.25) is 10.0 Å². The molecule has 0 radical (unpaired) electrons. The molecule has 2 aromatic rings. The quantitative estimate of drug-likeness (QED) is 0.868. The van der Waals surface area contributed by atoms with Gasteiger partial charge in [-0.15, -0.1) is 0 Å². The van der Waals surface area contributed by atoms with Crippen molar-refractivity contribution in [2.75, 3.05) is 6.61 Å². The molecule has 0 bridgehead atoms. The third kappa shape index (κ3) is 3.99. The molecule has 0 amide bonds. The molecule has 140 valence electrons. The van der Waals surface area contributed by atoms with Gasteiger partial charge in [-0.2, -0.15) is 0 Å². The average Bonchev–Trinajstić information content (AvgIpc) is 2.88. The van der Waals surface area contributed by atoms with Crippen LogP contribution in [-0.2, 0) is 19.5 Å². The van der Waals surface area contributed by atoms with Gasteiger partial charge in [-0.25, -0.2) is 13.1 Å². The van der Waals surface area contributed by atoms with E-state index in [-0.39, 0.29) is 11.5 Å². The molecule has 1 saturated heterocycles. The summed E-state index contributed by atoms with van der Waals surface area (Å²) in [5, 5.41) is 0. The number of sulfonamides is 1. The Morgan fingerprint density at radius 3 is 2.15 bits per heavy atom. The number of aryl methyl sites for hydroxylation is 1. The maximum Gasteiger partial charge on any atom is 0.241 e. The largest absolute Gasteiger partial charge is 0.347 e. The van der Waals surface area contributed by atoms with Crippen molar-refractivity contribution in [3.63, 3.8) is 0 Å². The minimum Gasteiger partial charge on any atom is -0.347 e. The normalized spacial score (nSPS) is 23.7. The molecule has 0 aromatic heterocycles. The Labute approximate surface area is 155 Å². The molecule has 0 aliphatic carbocycles. The van der Waals surface area contributed by atoms with Gasteiger partial charge in [-0.3, -0.25) is 0 Å². The zero-order chi connectivity index (χ0) is 19.0. The summed E-state index contributed by atoms with van der Waals surface area (Å²) in [4.78, 5) is 0.228. The Bertz CT molecular complexity index is 862. The van der Waals surface area contributed by atoms with E-state index in [9.17, 15) is 8.42 Å². The van der Waals surface area contributed by atoms with Crippen molar-refractivity contribution in [3.05, 3.63) is 65.7 Å². The predicted octanol–water partition coefficient (Wildman–Crippen LogP) is 3.56. The van der Waals surface area contributed by atoms with E-state index in [1.807, 2.05) is 58.0 Å². The van der Waals surface area contributed by atoms with Gasteiger partial charge in [0.1, 0.15) is 5.60 Å². The summed E-state index contributed by atoms with van der Waals surface area (Å²) in [5.41, 5.74) is 1.000. The van der Waals surface area contributed by atoms with E-state index in [1.165, 1.54) is 0 Å². The Balaban J connectivity index is 1.98. The zero-order valence-corrected chi connectivity index (χ0v) is 16.3. The van der Waals surface area contributed by atoms with Crippen LogP contribution in [0.3, 0.4) is 0 Å². The van der Waals surface area contributed by atoms with Crippen LogP contribution in [0.4, 0.5) is 0 Å². The summed E-state index contributed by atoms with van der Waals surface area (Å²) in [6.45, 7) is 7.74. The van der Waals surface area contributed by atoms with Crippen LogP contribution < -0.4 is 4.72 Å². The summed E-state index contributed by atoms with van der Waals surface area (Å²) in [6, 6.07) is 15.6. The number of hydrogen-bond acceptors (Lipinski definition) is 4. The van der Waals surface area contributed by atoms with Gasteiger partial charge in [0.25, 0.3) is 0 Å². The fourth-order valence-electron chi connectivity index (χ4n) is 3.21. The highest BCUT2D eigenvalue weighted by Crippen LogP contribution is 2.40. The molecular formula is C20H25NO4S. The van der Waals surface area contributed by atoms with Crippen molar-refractivity contribution in [1.29, 1.82) is 0 Å². The summed E-state index contributed by atoms with van der Waals surface area (Å²) >= 11 is 0. The van der Waals surface area contributed by atoms with Crippen molar-refractivity contribution in [3.8, 4) is 0 Å². The third-order valence-electron chi connectivity index (χ3n) is 4.53. The van der Waals surface area contributed by atoms with Crippen LogP contribution in [0.15, 0.2) is 59.5 Å². The number of hydrogen-bond donors (Lipinski definition) is 1. The molecule has 0 spiro atoms. The zero-order valence-electron chi connectivity index (χ0n) is 15.5. The van der Waals surface area contributed by atoms with Crippen molar-refractivity contribution in [1.82, 2.24) is 4.72 Å². The molecule has 2 atom stereocenters. The van der Waals surface area contributed by atoms with Crippen LogP contribution in [0.2, 0.25) is 0 Å². The maximum absolute atomic E-state index is 13.0. The average molecular weight is 375 g/mol. The molecule has 3 rings (SSSR count). The first-order chi connectivity index (χ1) is 12.1. The first-order valence-corrected chi connectivity index (χ1v) is 10.1. The van der Waals surface area contributed by atoms with Gasteiger partial charge < -0.3 is 9.47 Å². The van der Waals surface area contributed by atoms with Gasteiger partial charge >= 0.3 is 0 Å². The highest BCUT2D eigenvalue weighted by molar-refractivity contribution is 7.89. The monoisotopic (exact) mass is 375 g/mol. The lowest BCUT2D eigenvalue weighted by Gasteiger charge is -2.34. The standard InChI is InChI=1S/C20H25NO4S/c1-15-10-12-17(13-11-15)26(22,23)21-18(16-8-6-5-7-9-16)20(4)14-24-19(2,3)25-20/h5-13,18,21H,14H2,1-4H3/t18-,20+/m1/s1. The number of benzene rings is 2. The molecular weight excluding hydrogens is 350 g/mol. The minimum atomic E-state index is -3.72. The van der Waals surface area contributed by atoms with Crippen molar-refractivity contribution < 1.29 is 17.9 Å². The molecule has 1 fully saturated rings. The molecule has 26 heavy (non-hydrogen) atoms. The van der Waals surface area contributed by atoms with E-state index in [0.29, 0.717) is 0 Å². The van der Waals surface area contributed by atoms with Crippen LogP contribution in [-0.4, -0.2) is 26.4 Å². The second-order valence-corrected chi connectivity index (χ2v) is 9.10. The first kappa shape index (κ1) is 19.0. The molecule has 2 aromatic carbocycles. The van der Waals surface area contributed by atoms with E-state index in [0.717, 1.165) is 11.1 Å². The molecule has 5 nitrogen and oxygen atoms in total. The Kier molecular flexibility index (Phi) is 4.96. The molecule has 1 aliphatic rings. The smallest absolute Gasteiger partial charge is 0.241 e. The van der Waals surface area contributed by atoms with E-state index in [4.69, 9.17) is 9.47 Å². The molecule has 1 heterocycles. The maximum atomic E-state index is 13.0. The number of nitrogens with one attached hydrogen (secondary N) is 1. The second kappa shape index (κ2) is 6.78. The molecule has 6 heteroatoms. The summed E-state index contributed by atoms with van der Waals surface area (Å²) in [7, 11) is -3.72. The highest BCUT2D eigenvalue weighted by atomic mass is 32.2. The number of ether oxygens (including phenoxy) is 2. The van der Waals surface area contributed by atoms with Crippen LogP contribution in [0.5, 0.6) is 0 Å². The lowest BCUT2D eigenvalue weighted by molar-refractivity contribution is -0.162. The number of rotatable bonds is 5. The van der Waals surface area contributed by atoms with Crippen LogP contribution in [0.1, 0.15) is 37.9 Å². The fraction of sp³-hybridized carbons (Fsp3) is 0.400. The van der Waals surface area contributed by atoms with Gasteiger partial charge in [-0.1, -0.05) is 48.0 Å². The molecule has 1 aliphatic heterocycles. The Morgan fingerprint density at radius 2 is 1.62 bits per heavy atom. The lowest BCUT2D eigenvalue weighted by Crippen LogP contribution is -2.46. The van der Waals surface area contributed by atoms with Gasteiger partial charge in [-0.05, 0) is 45.4 Å². The van der Waals surface area contributed by atoms with Crippen LogP contribution in [0, 0.1) is 6.92 Å². The van der Waals surface area contributed by atoms with Gasteiger partial charge in [0.15, 0.2) is 5.79 Å². The summed E-state index contributed by atoms with van der Waals surface area (Å²) in [5.74, 6) is -0.767. The molecule has 1 N–H and O–H groups in total. The van der Waals surface area contributed by atoms with Crippen molar-refractivity contribution in [2.24, 2.45) is 0 Å². The lowest BCUT2D eigenvalue weighted by atomic mass is 9.91. The van der Waals surface area contributed by atoms with Gasteiger partial charge in [0.05, 0.1) is 17.5 Å². The van der Waals surface area contributed by atoms with Crippen molar-refractivity contribution in [2.45, 2.75) is 50.0 Å². The van der Waals surface area contributed by atoms with E-state index in [2.05, 4.69) is 4.72 Å².